The lowest BCUT2D eigenvalue weighted by molar-refractivity contribution is -0.168. The van der Waals surface area contributed by atoms with Gasteiger partial charge >= 0.3 is 18.2 Å². The van der Waals surface area contributed by atoms with Gasteiger partial charge in [-0.2, -0.15) is 4.90 Å². The summed E-state index contributed by atoms with van der Waals surface area (Å²) in [6.07, 6.45) is -2.28. The Hall–Kier alpha value is -2.17. The summed E-state index contributed by atoms with van der Waals surface area (Å²) < 4.78 is 34.3. The molecule has 4 unspecified atom stereocenters. The van der Waals surface area contributed by atoms with Gasteiger partial charge in [0.1, 0.15) is 29.5 Å². The second-order valence-electron chi connectivity index (χ2n) is 11.0. The van der Waals surface area contributed by atoms with Gasteiger partial charge in [0.15, 0.2) is 6.04 Å². The highest BCUT2D eigenvalue weighted by molar-refractivity contribution is 5.94. The predicted molar refractivity (Wildman–Crippen MR) is 134 cm³/mol. The first kappa shape index (κ1) is 31.9. The number of ether oxygens (including phenoxy) is 6. The van der Waals surface area contributed by atoms with E-state index in [4.69, 9.17) is 28.4 Å². The van der Waals surface area contributed by atoms with Crippen molar-refractivity contribution in [3.63, 3.8) is 0 Å². The van der Waals surface area contributed by atoms with Crippen LogP contribution in [0, 0.1) is 0 Å². The fraction of sp³-hybridized carbons (Fsp3) is 0.808. The van der Waals surface area contributed by atoms with Gasteiger partial charge in [0.25, 0.3) is 0 Å². The molecular weight excluding hydrogens is 470 g/mol. The van der Waals surface area contributed by atoms with Crippen molar-refractivity contribution >= 4 is 18.2 Å². The molecule has 0 aliphatic carbocycles. The number of rotatable bonds is 8. The van der Waals surface area contributed by atoms with Crippen molar-refractivity contribution in [1.29, 1.82) is 0 Å². The van der Waals surface area contributed by atoms with Crippen LogP contribution in [0.25, 0.3) is 0 Å². The minimum absolute atomic E-state index is 0.0541. The van der Waals surface area contributed by atoms with Crippen LogP contribution in [0.1, 0.15) is 75.2 Å². The molecule has 1 aliphatic heterocycles. The van der Waals surface area contributed by atoms with Crippen molar-refractivity contribution in [3.8, 4) is 0 Å². The number of hydrogen-bond donors (Lipinski definition) is 0. The molecule has 36 heavy (non-hydrogen) atoms. The average molecular weight is 516 g/mol. The number of hydrogen-bond acceptors (Lipinski definition) is 9. The molecule has 10 heteroatoms. The Balaban J connectivity index is 3.30. The predicted octanol–water partition coefficient (Wildman–Crippen LogP) is 4.64. The highest BCUT2D eigenvalue weighted by Crippen LogP contribution is 2.22. The number of imide groups is 1. The highest BCUT2D eigenvalue weighted by Gasteiger charge is 2.44. The maximum absolute atomic E-state index is 13.3. The first-order valence-electron chi connectivity index (χ1n) is 12.5. The molecule has 1 aliphatic rings. The van der Waals surface area contributed by atoms with Gasteiger partial charge in [0, 0.05) is 6.61 Å². The van der Waals surface area contributed by atoms with E-state index in [-0.39, 0.29) is 19.8 Å². The summed E-state index contributed by atoms with van der Waals surface area (Å²) in [5.74, 6) is -0.850. The smallest absolute Gasteiger partial charge is 0.420 e. The van der Waals surface area contributed by atoms with Crippen molar-refractivity contribution < 1.29 is 42.8 Å². The lowest BCUT2D eigenvalue weighted by Gasteiger charge is -2.32. The van der Waals surface area contributed by atoms with Crippen molar-refractivity contribution in [2.75, 3.05) is 26.4 Å². The molecule has 2 amide bonds. The fourth-order valence-corrected chi connectivity index (χ4v) is 3.22. The minimum atomic E-state index is -1.44. The summed E-state index contributed by atoms with van der Waals surface area (Å²) in [5, 5.41) is 0. The van der Waals surface area contributed by atoms with Crippen LogP contribution in [-0.4, -0.2) is 85.0 Å². The Morgan fingerprint density at radius 2 is 1.58 bits per heavy atom. The molecular formula is C26H45NO9. The summed E-state index contributed by atoms with van der Waals surface area (Å²) in [6.45, 7) is 19.8. The number of amides is 2. The lowest BCUT2D eigenvalue weighted by Crippen LogP contribution is -2.54. The Labute approximate surface area is 215 Å². The van der Waals surface area contributed by atoms with Crippen molar-refractivity contribution in [1.82, 2.24) is 4.90 Å². The largest absolute Gasteiger partial charge is 0.458 e. The van der Waals surface area contributed by atoms with Crippen LogP contribution in [0.3, 0.4) is 0 Å². The Kier molecular flexibility index (Phi) is 12.3. The normalized spacial score (nSPS) is 23.5. The van der Waals surface area contributed by atoms with Crippen molar-refractivity contribution in [2.45, 2.75) is 111 Å². The highest BCUT2D eigenvalue weighted by atomic mass is 16.6. The minimum Gasteiger partial charge on any atom is -0.458 e. The summed E-state index contributed by atoms with van der Waals surface area (Å²) in [5.41, 5.74) is -1.05. The molecule has 0 bridgehead atoms. The second-order valence-corrected chi connectivity index (χ2v) is 11.0. The van der Waals surface area contributed by atoms with Gasteiger partial charge in [-0.25, -0.2) is 14.4 Å². The average Bonchev–Trinajstić information content (AvgIpc) is 2.74. The van der Waals surface area contributed by atoms with Gasteiger partial charge in [0.2, 0.25) is 0 Å². The Morgan fingerprint density at radius 1 is 1.03 bits per heavy atom. The fourth-order valence-electron chi connectivity index (χ4n) is 3.22. The third kappa shape index (κ3) is 11.3. The van der Waals surface area contributed by atoms with Crippen LogP contribution < -0.4 is 0 Å². The molecule has 1 rings (SSSR count). The van der Waals surface area contributed by atoms with Gasteiger partial charge in [-0.05, 0) is 61.8 Å². The van der Waals surface area contributed by atoms with E-state index in [1.54, 1.807) is 48.5 Å². The van der Waals surface area contributed by atoms with E-state index in [0.29, 0.717) is 11.5 Å². The summed E-state index contributed by atoms with van der Waals surface area (Å²) >= 11 is 0. The van der Waals surface area contributed by atoms with Gasteiger partial charge in [-0.1, -0.05) is 25.5 Å². The monoisotopic (exact) mass is 515 g/mol. The number of esters is 1. The number of carbonyl (C=O) groups is 3. The van der Waals surface area contributed by atoms with E-state index in [0.717, 1.165) is 18.4 Å². The summed E-state index contributed by atoms with van der Waals surface area (Å²) in [6, 6.07) is -1.44. The van der Waals surface area contributed by atoms with Crippen LogP contribution in [0.15, 0.2) is 12.2 Å². The molecule has 1 fully saturated rings. The van der Waals surface area contributed by atoms with Crippen LogP contribution in [0.5, 0.6) is 0 Å². The molecule has 4 atom stereocenters. The van der Waals surface area contributed by atoms with Crippen molar-refractivity contribution in [2.24, 2.45) is 0 Å². The molecule has 0 spiro atoms. The maximum Gasteiger partial charge on any atom is 0.420 e. The maximum atomic E-state index is 13.3. The summed E-state index contributed by atoms with van der Waals surface area (Å²) in [7, 11) is 0. The molecule has 10 nitrogen and oxygen atoms in total. The van der Waals surface area contributed by atoms with E-state index in [9.17, 15) is 14.4 Å². The zero-order chi connectivity index (χ0) is 27.7. The Bertz CT molecular complexity index is 725. The lowest BCUT2D eigenvalue weighted by atomic mass is 10.1. The third-order valence-corrected chi connectivity index (χ3v) is 4.81. The Morgan fingerprint density at radius 3 is 2.06 bits per heavy atom. The van der Waals surface area contributed by atoms with Crippen LogP contribution >= 0.6 is 0 Å². The van der Waals surface area contributed by atoms with E-state index >= 15 is 0 Å². The molecule has 0 aromatic carbocycles. The van der Waals surface area contributed by atoms with Crippen molar-refractivity contribution in [3.05, 3.63) is 12.2 Å². The van der Waals surface area contributed by atoms with Crippen LogP contribution in [-0.2, 0) is 33.2 Å². The zero-order valence-electron chi connectivity index (χ0n) is 23.4. The van der Waals surface area contributed by atoms with Crippen LogP contribution in [0.4, 0.5) is 9.59 Å². The molecule has 0 N–H and O–H groups in total. The number of cyclic esters (lactones) is 1. The van der Waals surface area contributed by atoms with Gasteiger partial charge in [-0.15, -0.1) is 0 Å². The van der Waals surface area contributed by atoms with Gasteiger partial charge in [-0.3, -0.25) is 0 Å². The molecule has 0 radical (unpaired) electrons. The topological polar surface area (TPSA) is 110 Å². The molecule has 0 aromatic heterocycles. The zero-order valence-corrected chi connectivity index (χ0v) is 23.4. The molecule has 1 heterocycles. The summed E-state index contributed by atoms with van der Waals surface area (Å²) in [4.78, 5) is 40.0. The third-order valence-electron chi connectivity index (χ3n) is 4.81. The standard InChI is InChI=1S/C26H45NO9/c1-11-12-13-32-20-16-31-15-19(22(28)34-18(4)21(20)33-14-17(2)3)27(23(29)35-25(5,6)7)24(30)36-26(8,9)10/h18-21H,2,11-16H2,1,3-10H3. The quantitative estimate of drug-likeness (QED) is 0.198. The van der Waals surface area contributed by atoms with E-state index in [2.05, 4.69) is 13.5 Å². The molecule has 0 saturated carbocycles. The first-order valence-corrected chi connectivity index (χ1v) is 12.5. The molecule has 0 aromatic rings. The van der Waals surface area contributed by atoms with E-state index < -0.39 is 53.7 Å². The number of nitrogens with zero attached hydrogens (tertiary/aromatic N) is 1. The SMILES string of the molecule is C=C(C)COC1C(C)OC(=O)C(N(C(=O)OC(C)(C)C)C(=O)OC(C)(C)C)COCC1OCCCC. The van der Waals surface area contributed by atoms with E-state index in [1.807, 2.05) is 6.92 Å². The number of unbranched alkanes of at least 4 members (excludes halogenated alkanes) is 1. The van der Waals surface area contributed by atoms with Gasteiger partial charge in [0.05, 0.1) is 19.8 Å². The second kappa shape index (κ2) is 13.9. The molecule has 208 valence electrons. The number of carbonyl (C=O) groups excluding carboxylic acids is 3. The van der Waals surface area contributed by atoms with Crippen LogP contribution in [0.2, 0.25) is 0 Å². The van der Waals surface area contributed by atoms with Gasteiger partial charge < -0.3 is 28.4 Å². The van der Waals surface area contributed by atoms with E-state index in [1.165, 1.54) is 0 Å². The molecule has 1 saturated heterocycles. The first-order chi connectivity index (χ1) is 16.6.